The second kappa shape index (κ2) is 16.4. The Morgan fingerprint density at radius 1 is 0.438 bits per heavy atom. The van der Waals surface area contributed by atoms with Gasteiger partial charge in [-0.3, -0.25) is 0 Å². The van der Waals surface area contributed by atoms with E-state index in [0.717, 1.165) is 63.8 Å². The fourth-order valence-corrected chi connectivity index (χ4v) is 11.7. The SMILES string of the molecule is c1ccc(N(c2ccccc2)c2ccc3c(c2)c2cc(N(c4ccccc4)c4ccccc4)ccc2n3-c2ccc(-c3ccc(C4CCNC5Sc6ccccc6C54)cc3)cc2)cc1. The van der Waals surface area contributed by atoms with Gasteiger partial charge in [0.05, 0.1) is 16.4 Å². The summed E-state index contributed by atoms with van der Waals surface area (Å²) in [6.45, 7) is 1.05. The van der Waals surface area contributed by atoms with Crippen LogP contribution in [0.5, 0.6) is 0 Å². The molecular formula is C59H46N4S. The molecule has 10 aromatic rings. The number of aromatic nitrogens is 1. The van der Waals surface area contributed by atoms with Gasteiger partial charge >= 0.3 is 0 Å². The van der Waals surface area contributed by atoms with E-state index in [0.29, 0.717) is 17.2 Å². The molecule has 3 atom stereocenters. The Kier molecular flexibility index (Phi) is 9.85. The van der Waals surface area contributed by atoms with E-state index in [4.69, 9.17) is 0 Å². The van der Waals surface area contributed by atoms with Crippen molar-refractivity contribution >= 4 is 67.7 Å². The summed E-state index contributed by atoms with van der Waals surface area (Å²) in [5, 5.41) is 6.63. The lowest BCUT2D eigenvalue weighted by molar-refractivity contribution is 0.385. The molecule has 4 nitrogen and oxygen atoms in total. The molecule has 0 spiro atoms. The Bertz CT molecular complexity index is 3000. The second-order valence-corrected chi connectivity index (χ2v) is 18.1. The summed E-state index contributed by atoms with van der Waals surface area (Å²) in [6.07, 6.45) is 1.15. The van der Waals surface area contributed by atoms with Crippen molar-refractivity contribution in [3.05, 3.63) is 242 Å². The third-order valence-electron chi connectivity index (χ3n) is 13.2. The summed E-state index contributed by atoms with van der Waals surface area (Å²) in [5.41, 5.74) is 15.5. The maximum absolute atomic E-state index is 3.80. The average Bonchev–Trinajstić information content (AvgIpc) is 3.91. The molecule has 0 aliphatic carbocycles. The topological polar surface area (TPSA) is 23.4 Å². The molecule has 1 fully saturated rings. The van der Waals surface area contributed by atoms with Gasteiger partial charge in [-0.25, -0.2) is 0 Å². The first-order valence-corrected chi connectivity index (χ1v) is 23.2. The third kappa shape index (κ3) is 6.85. The van der Waals surface area contributed by atoms with E-state index < -0.39 is 0 Å². The number of fused-ring (bicyclic) bond motifs is 6. The van der Waals surface area contributed by atoms with E-state index in [2.05, 4.69) is 250 Å². The van der Waals surface area contributed by atoms with Crippen LogP contribution in [0.15, 0.2) is 235 Å². The highest BCUT2D eigenvalue weighted by molar-refractivity contribution is 8.00. The molecule has 0 bridgehead atoms. The molecule has 0 radical (unpaired) electrons. The highest BCUT2D eigenvalue weighted by Gasteiger charge is 2.41. The van der Waals surface area contributed by atoms with Crippen LogP contribution >= 0.6 is 11.8 Å². The fourth-order valence-electron chi connectivity index (χ4n) is 10.3. The predicted molar refractivity (Wildman–Crippen MR) is 270 cm³/mol. The summed E-state index contributed by atoms with van der Waals surface area (Å²) in [6, 6.07) is 84.1. The molecule has 2 aliphatic rings. The number of nitrogens with zero attached hydrogens (tertiary/aromatic N) is 3. The van der Waals surface area contributed by atoms with Gasteiger partial charge in [0, 0.05) is 61.4 Å². The van der Waals surface area contributed by atoms with Crippen LogP contribution in [0.3, 0.4) is 0 Å². The van der Waals surface area contributed by atoms with Crippen molar-refractivity contribution in [1.29, 1.82) is 0 Å². The Balaban J connectivity index is 0.957. The van der Waals surface area contributed by atoms with E-state index >= 15 is 0 Å². The number of rotatable bonds is 9. The Labute approximate surface area is 379 Å². The summed E-state index contributed by atoms with van der Waals surface area (Å²) in [5.74, 6) is 1.01. The van der Waals surface area contributed by atoms with Crippen molar-refractivity contribution in [2.45, 2.75) is 28.5 Å². The fraction of sp³-hybridized carbons (Fsp3) is 0.0847. The Morgan fingerprint density at radius 3 is 1.39 bits per heavy atom. The lowest BCUT2D eigenvalue weighted by atomic mass is 9.77. The lowest BCUT2D eigenvalue weighted by Crippen LogP contribution is -2.39. The first kappa shape index (κ1) is 38.4. The van der Waals surface area contributed by atoms with Crippen molar-refractivity contribution < 1.29 is 0 Å². The molecule has 9 aromatic carbocycles. The van der Waals surface area contributed by atoms with Gasteiger partial charge in [0.15, 0.2) is 0 Å². The van der Waals surface area contributed by atoms with Crippen LogP contribution in [-0.4, -0.2) is 16.5 Å². The summed E-state index contributed by atoms with van der Waals surface area (Å²) in [7, 11) is 0. The molecular weight excluding hydrogens is 797 g/mol. The molecule has 5 heteroatoms. The van der Waals surface area contributed by atoms with Gasteiger partial charge in [0.25, 0.3) is 0 Å². The van der Waals surface area contributed by atoms with Crippen molar-refractivity contribution in [2.24, 2.45) is 0 Å². The number of benzene rings is 9. The van der Waals surface area contributed by atoms with Gasteiger partial charge < -0.3 is 19.7 Å². The molecule has 308 valence electrons. The van der Waals surface area contributed by atoms with Crippen LogP contribution in [0.1, 0.15) is 29.4 Å². The van der Waals surface area contributed by atoms with Gasteiger partial charge in [-0.05, 0) is 144 Å². The molecule has 2 aliphatic heterocycles. The van der Waals surface area contributed by atoms with Gasteiger partial charge in [-0.1, -0.05) is 127 Å². The van der Waals surface area contributed by atoms with Crippen LogP contribution in [0.25, 0.3) is 38.6 Å². The molecule has 64 heavy (non-hydrogen) atoms. The van der Waals surface area contributed by atoms with Crippen molar-refractivity contribution in [1.82, 2.24) is 9.88 Å². The number of para-hydroxylation sites is 4. The lowest BCUT2D eigenvalue weighted by Gasteiger charge is -2.35. The number of hydrogen-bond acceptors (Lipinski definition) is 4. The first-order chi connectivity index (χ1) is 31.7. The molecule has 0 amide bonds. The number of anilines is 6. The Morgan fingerprint density at radius 2 is 0.891 bits per heavy atom. The second-order valence-electron chi connectivity index (χ2n) is 16.9. The van der Waals surface area contributed by atoms with Crippen LogP contribution in [-0.2, 0) is 0 Å². The van der Waals surface area contributed by atoms with E-state index in [1.54, 1.807) is 0 Å². The molecule has 1 aromatic heterocycles. The number of piperidine rings is 1. The number of thioether (sulfide) groups is 1. The van der Waals surface area contributed by atoms with Crippen LogP contribution in [0.4, 0.5) is 34.1 Å². The minimum Gasteiger partial charge on any atom is -0.310 e. The molecule has 1 N–H and O–H groups in total. The van der Waals surface area contributed by atoms with Gasteiger partial charge in [-0.2, -0.15) is 0 Å². The van der Waals surface area contributed by atoms with Gasteiger partial charge in [0.1, 0.15) is 0 Å². The number of nitrogens with one attached hydrogen (secondary N) is 1. The van der Waals surface area contributed by atoms with Gasteiger partial charge in [0.2, 0.25) is 0 Å². The molecule has 0 saturated carbocycles. The highest BCUT2D eigenvalue weighted by Crippen LogP contribution is 2.53. The van der Waals surface area contributed by atoms with Crippen molar-refractivity contribution in [2.75, 3.05) is 16.3 Å². The monoisotopic (exact) mass is 842 g/mol. The van der Waals surface area contributed by atoms with Crippen LogP contribution < -0.4 is 15.1 Å². The minimum atomic E-state index is 0.445. The Hall–Kier alpha value is -7.31. The zero-order valence-electron chi connectivity index (χ0n) is 35.3. The normalized spacial score (nSPS) is 16.7. The zero-order chi connectivity index (χ0) is 42.4. The van der Waals surface area contributed by atoms with E-state index in [-0.39, 0.29) is 0 Å². The summed E-state index contributed by atoms with van der Waals surface area (Å²) >= 11 is 2.00. The number of hydrogen-bond donors (Lipinski definition) is 1. The third-order valence-corrected chi connectivity index (χ3v) is 14.5. The van der Waals surface area contributed by atoms with E-state index in [9.17, 15) is 0 Å². The van der Waals surface area contributed by atoms with Crippen molar-refractivity contribution in [3.63, 3.8) is 0 Å². The average molecular weight is 843 g/mol. The summed E-state index contributed by atoms with van der Waals surface area (Å²) in [4.78, 5) is 6.13. The standard InChI is InChI=1S/C59H46N4S/c1-5-15-44(16-6-1)61(45-17-7-2-8-18-45)49-33-35-55-53(39-49)54-40-50(62(46-19-9-3-10-20-46)47-21-11-4-12-22-47)34-36-56(54)63(55)48-31-29-42(30-32-48)41-25-27-43(28-26-41)51-37-38-60-59-58(51)52-23-13-14-24-57(52)64-59/h1-36,39-40,51,58-60H,37-38H2. The predicted octanol–water partition coefficient (Wildman–Crippen LogP) is 15.7. The highest BCUT2D eigenvalue weighted by atomic mass is 32.2. The van der Waals surface area contributed by atoms with E-state index in [1.807, 2.05) is 11.8 Å². The maximum atomic E-state index is 3.80. The molecule has 1 saturated heterocycles. The largest absolute Gasteiger partial charge is 0.310 e. The van der Waals surface area contributed by atoms with Crippen LogP contribution in [0.2, 0.25) is 0 Å². The van der Waals surface area contributed by atoms with Crippen LogP contribution in [0, 0.1) is 0 Å². The smallest absolute Gasteiger partial charge is 0.0655 e. The minimum absolute atomic E-state index is 0.445. The molecule has 3 heterocycles. The molecule has 12 rings (SSSR count). The maximum Gasteiger partial charge on any atom is 0.0655 e. The first-order valence-electron chi connectivity index (χ1n) is 22.3. The van der Waals surface area contributed by atoms with Gasteiger partial charge in [-0.15, -0.1) is 11.8 Å². The summed E-state index contributed by atoms with van der Waals surface area (Å²) < 4.78 is 2.43. The van der Waals surface area contributed by atoms with Crippen molar-refractivity contribution in [3.8, 4) is 16.8 Å². The quantitative estimate of drug-likeness (QED) is 0.156. The molecule has 3 unspecified atom stereocenters. The van der Waals surface area contributed by atoms with E-state index in [1.165, 1.54) is 37.9 Å². The zero-order valence-corrected chi connectivity index (χ0v) is 36.2.